The van der Waals surface area contributed by atoms with E-state index in [-0.39, 0.29) is 5.91 Å². The van der Waals surface area contributed by atoms with Gasteiger partial charge in [0.1, 0.15) is 17.3 Å². The van der Waals surface area contributed by atoms with Gasteiger partial charge in [-0.2, -0.15) is 5.10 Å². The molecule has 1 aromatic carbocycles. The van der Waals surface area contributed by atoms with Crippen molar-refractivity contribution < 1.29 is 14.3 Å². The number of hydrogen-bond acceptors (Lipinski definition) is 8. The molecular formula is C22H28N6O3S. The molecule has 0 unspecified atom stereocenters. The normalized spacial score (nSPS) is 13.9. The molecule has 10 heteroatoms. The lowest BCUT2D eigenvalue weighted by molar-refractivity contribution is 0.0949. The van der Waals surface area contributed by atoms with Crippen LogP contribution in [0.5, 0.6) is 11.5 Å². The van der Waals surface area contributed by atoms with Crippen LogP contribution in [0.2, 0.25) is 0 Å². The quantitative estimate of drug-likeness (QED) is 0.408. The third-order valence-corrected chi connectivity index (χ3v) is 6.10. The summed E-state index contributed by atoms with van der Waals surface area (Å²) >= 11 is 1.52. The van der Waals surface area contributed by atoms with Crippen molar-refractivity contribution >= 4 is 34.5 Å². The Kier molecular flexibility index (Phi) is 6.99. The second-order valence-corrected chi connectivity index (χ2v) is 8.28. The van der Waals surface area contributed by atoms with E-state index in [0.29, 0.717) is 30.2 Å². The molecule has 4 rings (SSSR count). The lowest BCUT2D eigenvalue weighted by atomic mass is 10.1. The lowest BCUT2D eigenvalue weighted by Crippen LogP contribution is -2.30. The van der Waals surface area contributed by atoms with Gasteiger partial charge in [0, 0.05) is 25.7 Å². The Bertz CT molecular complexity index is 1100. The number of amides is 1. The van der Waals surface area contributed by atoms with Crippen LogP contribution >= 0.6 is 11.8 Å². The average Bonchev–Trinajstić information content (AvgIpc) is 3.26. The molecule has 1 amide bonds. The maximum atomic E-state index is 12.7. The van der Waals surface area contributed by atoms with Crippen LogP contribution in [0.25, 0.3) is 11.0 Å². The molecule has 1 aliphatic rings. The van der Waals surface area contributed by atoms with Crippen LogP contribution in [0, 0.1) is 0 Å². The first-order chi connectivity index (χ1) is 15.6. The van der Waals surface area contributed by atoms with E-state index in [0.717, 1.165) is 35.1 Å². The number of nitrogens with one attached hydrogen (secondary N) is 1. The second-order valence-electron chi connectivity index (χ2n) is 7.51. The molecule has 0 saturated carbocycles. The summed E-state index contributed by atoms with van der Waals surface area (Å²) in [6.45, 7) is 2.91. The number of piperidine rings is 1. The predicted octanol–water partition coefficient (Wildman–Crippen LogP) is 2.99. The number of hydrogen-bond donors (Lipinski definition) is 1. The first-order valence-corrected chi connectivity index (χ1v) is 11.9. The average molecular weight is 457 g/mol. The molecular weight excluding hydrogens is 428 g/mol. The predicted molar refractivity (Wildman–Crippen MR) is 125 cm³/mol. The number of carbonyl (C=O) groups is 1. The van der Waals surface area contributed by atoms with Crippen molar-refractivity contribution in [2.24, 2.45) is 0 Å². The number of nitrogens with zero attached hydrogens (tertiary/aromatic N) is 5. The highest BCUT2D eigenvalue weighted by Crippen LogP contribution is 2.28. The largest absolute Gasteiger partial charge is 0.497 e. The molecule has 9 nitrogen and oxygen atoms in total. The smallest absolute Gasteiger partial charge is 0.255 e. The monoisotopic (exact) mass is 456 g/mol. The summed E-state index contributed by atoms with van der Waals surface area (Å²) in [4.78, 5) is 24.5. The number of benzene rings is 1. The summed E-state index contributed by atoms with van der Waals surface area (Å²) < 4.78 is 12.4. The van der Waals surface area contributed by atoms with Gasteiger partial charge in [-0.1, -0.05) is 11.8 Å². The zero-order valence-corrected chi connectivity index (χ0v) is 19.4. The number of ether oxygens (including phenoxy) is 2. The Labute approximate surface area is 191 Å². The van der Waals surface area contributed by atoms with E-state index in [1.807, 2.05) is 17.1 Å². The highest BCUT2D eigenvalue weighted by molar-refractivity contribution is 7.98. The minimum atomic E-state index is -0.214. The number of anilines is 1. The molecule has 0 atom stereocenters. The van der Waals surface area contributed by atoms with Crippen LogP contribution in [0.15, 0.2) is 29.6 Å². The van der Waals surface area contributed by atoms with Crippen molar-refractivity contribution in [2.75, 3.05) is 45.0 Å². The summed E-state index contributed by atoms with van der Waals surface area (Å²) in [5, 5.41) is 9.16. The van der Waals surface area contributed by atoms with Gasteiger partial charge in [0.25, 0.3) is 5.91 Å². The Balaban J connectivity index is 1.50. The highest BCUT2D eigenvalue weighted by atomic mass is 32.2. The van der Waals surface area contributed by atoms with Gasteiger partial charge in [-0.25, -0.2) is 14.6 Å². The van der Waals surface area contributed by atoms with Crippen LogP contribution in [0.4, 0.5) is 5.82 Å². The van der Waals surface area contributed by atoms with Crippen molar-refractivity contribution in [3.8, 4) is 11.5 Å². The van der Waals surface area contributed by atoms with Crippen molar-refractivity contribution in [3.05, 3.63) is 30.0 Å². The second kappa shape index (κ2) is 10.1. The first-order valence-electron chi connectivity index (χ1n) is 10.7. The van der Waals surface area contributed by atoms with Gasteiger partial charge in [0.05, 0.1) is 37.9 Å². The van der Waals surface area contributed by atoms with Crippen molar-refractivity contribution in [1.29, 1.82) is 0 Å². The van der Waals surface area contributed by atoms with Gasteiger partial charge >= 0.3 is 0 Å². The Morgan fingerprint density at radius 2 is 1.97 bits per heavy atom. The third kappa shape index (κ3) is 4.59. The summed E-state index contributed by atoms with van der Waals surface area (Å²) in [5.74, 6) is 1.84. The third-order valence-electron chi connectivity index (χ3n) is 5.56. The highest BCUT2D eigenvalue weighted by Gasteiger charge is 2.20. The lowest BCUT2D eigenvalue weighted by Gasteiger charge is -2.28. The fraction of sp³-hybridized carbons (Fsp3) is 0.455. The fourth-order valence-electron chi connectivity index (χ4n) is 3.88. The molecule has 0 aliphatic carbocycles. The first kappa shape index (κ1) is 22.2. The summed E-state index contributed by atoms with van der Waals surface area (Å²) in [6, 6.07) is 5.12. The molecule has 3 aromatic rings. The molecule has 1 aliphatic heterocycles. The Hall–Kier alpha value is -3.01. The van der Waals surface area contributed by atoms with E-state index >= 15 is 0 Å². The molecule has 170 valence electrons. The van der Waals surface area contributed by atoms with Gasteiger partial charge in [0.2, 0.25) is 0 Å². The van der Waals surface area contributed by atoms with Crippen LogP contribution in [0.1, 0.15) is 29.6 Å². The zero-order chi connectivity index (χ0) is 22.5. The number of carbonyl (C=O) groups excluding carboxylic acids is 1. The van der Waals surface area contributed by atoms with Crippen LogP contribution in [-0.4, -0.2) is 65.8 Å². The number of thioether (sulfide) groups is 1. The molecule has 1 fully saturated rings. The molecule has 0 bridgehead atoms. The van der Waals surface area contributed by atoms with Gasteiger partial charge in [-0.15, -0.1) is 0 Å². The van der Waals surface area contributed by atoms with E-state index in [2.05, 4.69) is 15.3 Å². The maximum absolute atomic E-state index is 12.7. The van der Waals surface area contributed by atoms with Gasteiger partial charge in [-0.05, 0) is 37.7 Å². The minimum Gasteiger partial charge on any atom is -0.497 e. The van der Waals surface area contributed by atoms with Gasteiger partial charge < -0.3 is 19.7 Å². The molecule has 0 spiro atoms. The van der Waals surface area contributed by atoms with Crippen LogP contribution in [0.3, 0.4) is 0 Å². The number of methoxy groups -OCH3 is 2. The van der Waals surface area contributed by atoms with Gasteiger partial charge in [0.15, 0.2) is 10.8 Å². The molecule has 1 N–H and O–H groups in total. The Morgan fingerprint density at radius 3 is 2.69 bits per heavy atom. The zero-order valence-electron chi connectivity index (χ0n) is 18.6. The van der Waals surface area contributed by atoms with Crippen molar-refractivity contribution in [2.45, 2.75) is 31.0 Å². The van der Waals surface area contributed by atoms with E-state index < -0.39 is 0 Å². The standard InChI is InChI=1S/C22H28N6O3S/c1-30-15-7-8-16(18(13-15)31-2)21(29)23-9-12-28-20-17(14-24-28)19(25-22(26-20)32-3)27-10-5-4-6-11-27/h7-8,13-14H,4-6,9-12H2,1-3H3,(H,23,29). The Morgan fingerprint density at radius 1 is 1.16 bits per heavy atom. The number of aromatic nitrogens is 4. The SMILES string of the molecule is COc1ccc(C(=O)NCCn2ncc3c(N4CCCCC4)nc(SC)nc32)c(OC)c1. The topological polar surface area (TPSA) is 94.4 Å². The maximum Gasteiger partial charge on any atom is 0.255 e. The molecule has 1 saturated heterocycles. The summed E-state index contributed by atoms with van der Waals surface area (Å²) in [7, 11) is 3.11. The minimum absolute atomic E-state index is 0.214. The summed E-state index contributed by atoms with van der Waals surface area (Å²) in [5.41, 5.74) is 1.25. The number of rotatable bonds is 8. The van der Waals surface area contributed by atoms with E-state index in [1.165, 1.54) is 38.1 Å². The molecule has 32 heavy (non-hydrogen) atoms. The number of fused-ring (bicyclic) bond motifs is 1. The van der Waals surface area contributed by atoms with E-state index in [1.54, 1.807) is 25.3 Å². The van der Waals surface area contributed by atoms with E-state index in [9.17, 15) is 4.79 Å². The van der Waals surface area contributed by atoms with E-state index in [4.69, 9.17) is 19.4 Å². The fourth-order valence-corrected chi connectivity index (χ4v) is 4.23. The molecule has 3 heterocycles. The summed E-state index contributed by atoms with van der Waals surface area (Å²) in [6.07, 6.45) is 7.42. The molecule has 0 radical (unpaired) electrons. The van der Waals surface area contributed by atoms with Crippen LogP contribution in [-0.2, 0) is 6.54 Å². The van der Waals surface area contributed by atoms with Crippen molar-refractivity contribution in [1.82, 2.24) is 25.1 Å². The van der Waals surface area contributed by atoms with Crippen molar-refractivity contribution in [3.63, 3.8) is 0 Å². The van der Waals surface area contributed by atoms with Gasteiger partial charge in [-0.3, -0.25) is 4.79 Å². The molecule has 2 aromatic heterocycles. The van der Waals surface area contributed by atoms with Crippen LogP contribution < -0.4 is 19.7 Å².